The van der Waals surface area contributed by atoms with Crippen molar-refractivity contribution in [2.45, 2.75) is 0 Å². The minimum Gasteiger partial charge on any atom is -0.503 e. The molecule has 2 aromatic rings. The van der Waals surface area contributed by atoms with Gasteiger partial charge < -0.3 is 19.6 Å². The molecule has 2 saturated heterocycles. The Balaban J connectivity index is 1.40. The third-order valence-corrected chi connectivity index (χ3v) is 6.68. The zero-order chi connectivity index (χ0) is 23.5. The SMILES string of the molecule is COc1cc(/C=C2/SC(=O)N(CC(=O)N3CCN(c4ccccc4)CC3)C2=O)cc(Cl)c1O. The zero-order valence-corrected chi connectivity index (χ0v) is 19.4. The molecule has 10 heteroatoms. The van der Waals surface area contributed by atoms with Gasteiger partial charge in [0.25, 0.3) is 11.1 Å². The highest BCUT2D eigenvalue weighted by atomic mass is 35.5. The van der Waals surface area contributed by atoms with Crippen LogP contribution >= 0.6 is 23.4 Å². The molecular weight excluding hydrogens is 466 g/mol. The Morgan fingerprint density at radius 3 is 2.52 bits per heavy atom. The number of benzene rings is 2. The summed E-state index contributed by atoms with van der Waals surface area (Å²) >= 11 is 6.76. The summed E-state index contributed by atoms with van der Waals surface area (Å²) in [5.74, 6) is -0.856. The molecule has 8 nitrogen and oxygen atoms in total. The minimum atomic E-state index is -0.538. The lowest BCUT2D eigenvalue weighted by molar-refractivity contribution is -0.136. The molecule has 172 valence electrons. The molecule has 4 rings (SSSR count). The number of amides is 3. The Kier molecular flexibility index (Phi) is 6.80. The summed E-state index contributed by atoms with van der Waals surface area (Å²) in [6.45, 7) is 2.10. The summed E-state index contributed by atoms with van der Waals surface area (Å²) in [5, 5.41) is 9.43. The number of imide groups is 1. The van der Waals surface area contributed by atoms with Crippen LogP contribution in [0.1, 0.15) is 5.56 Å². The molecule has 0 aromatic heterocycles. The number of thioether (sulfide) groups is 1. The van der Waals surface area contributed by atoms with Crippen molar-refractivity contribution >= 4 is 52.2 Å². The van der Waals surface area contributed by atoms with Crippen molar-refractivity contribution in [1.82, 2.24) is 9.80 Å². The highest BCUT2D eigenvalue weighted by Gasteiger charge is 2.37. The third-order valence-electron chi connectivity index (χ3n) is 5.49. The fourth-order valence-corrected chi connectivity index (χ4v) is 4.77. The number of carbonyl (C=O) groups is 3. The molecule has 2 heterocycles. The number of hydrogen-bond donors (Lipinski definition) is 1. The molecule has 0 aliphatic carbocycles. The predicted octanol–water partition coefficient (Wildman–Crippen LogP) is 3.44. The third kappa shape index (κ3) is 4.94. The van der Waals surface area contributed by atoms with E-state index in [1.54, 1.807) is 4.90 Å². The van der Waals surface area contributed by atoms with Crippen LogP contribution in [0, 0.1) is 0 Å². The molecule has 3 amide bonds. The van der Waals surface area contributed by atoms with Gasteiger partial charge in [-0.1, -0.05) is 29.8 Å². The Labute approximate surface area is 200 Å². The van der Waals surface area contributed by atoms with Gasteiger partial charge in [-0.15, -0.1) is 0 Å². The van der Waals surface area contributed by atoms with Gasteiger partial charge in [0.2, 0.25) is 5.91 Å². The number of piperazine rings is 1. The van der Waals surface area contributed by atoms with Crippen molar-refractivity contribution in [3.05, 3.63) is 58.0 Å². The van der Waals surface area contributed by atoms with Crippen molar-refractivity contribution in [2.24, 2.45) is 0 Å². The van der Waals surface area contributed by atoms with Gasteiger partial charge in [-0.2, -0.15) is 0 Å². The first-order valence-corrected chi connectivity index (χ1v) is 11.5. The number of carbonyl (C=O) groups excluding carboxylic acids is 3. The Hall–Kier alpha value is -3.17. The van der Waals surface area contributed by atoms with Gasteiger partial charge in [0, 0.05) is 31.9 Å². The van der Waals surface area contributed by atoms with Gasteiger partial charge in [-0.3, -0.25) is 19.3 Å². The number of nitrogens with zero attached hydrogens (tertiary/aromatic N) is 3. The number of rotatable bonds is 5. The highest BCUT2D eigenvalue weighted by molar-refractivity contribution is 8.18. The topological polar surface area (TPSA) is 90.4 Å². The van der Waals surface area contributed by atoms with Crippen molar-refractivity contribution in [2.75, 3.05) is 44.7 Å². The summed E-state index contributed by atoms with van der Waals surface area (Å²) in [5.41, 5.74) is 1.59. The molecule has 2 fully saturated rings. The number of halogens is 1. The number of aromatic hydroxyl groups is 1. The molecule has 2 aliphatic heterocycles. The summed E-state index contributed by atoms with van der Waals surface area (Å²) in [7, 11) is 1.38. The molecule has 0 unspecified atom stereocenters. The second-order valence-corrected chi connectivity index (χ2v) is 8.93. The average Bonchev–Trinajstić information content (AvgIpc) is 3.09. The molecule has 0 bridgehead atoms. The first-order chi connectivity index (χ1) is 15.9. The van der Waals surface area contributed by atoms with Gasteiger partial charge in [-0.05, 0) is 47.7 Å². The maximum Gasteiger partial charge on any atom is 0.294 e. The van der Waals surface area contributed by atoms with Crippen LogP contribution in [-0.2, 0) is 9.59 Å². The van der Waals surface area contributed by atoms with Crippen molar-refractivity contribution < 1.29 is 24.2 Å². The Morgan fingerprint density at radius 1 is 1.15 bits per heavy atom. The lowest BCUT2D eigenvalue weighted by atomic mass is 10.2. The van der Waals surface area contributed by atoms with Gasteiger partial charge in [-0.25, -0.2) is 0 Å². The van der Waals surface area contributed by atoms with Gasteiger partial charge in [0.05, 0.1) is 17.0 Å². The van der Waals surface area contributed by atoms with E-state index in [2.05, 4.69) is 4.90 Å². The molecule has 33 heavy (non-hydrogen) atoms. The van der Waals surface area contributed by atoms with Crippen LogP contribution in [0.15, 0.2) is 47.4 Å². The second-order valence-electron chi connectivity index (χ2n) is 7.52. The van der Waals surface area contributed by atoms with Crippen LogP contribution < -0.4 is 9.64 Å². The molecular formula is C23H22ClN3O5S. The number of methoxy groups -OCH3 is 1. The molecule has 2 aliphatic rings. The van der Waals surface area contributed by atoms with E-state index in [1.807, 2.05) is 30.3 Å². The van der Waals surface area contributed by atoms with E-state index in [4.69, 9.17) is 16.3 Å². The van der Waals surface area contributed by atoms with E-state index in [1.165, 1.54) is 25.3 Å². The summed E-state index contributed by atoms with van der Waals surface area (Å²) < 4.78 is 5.07. The number of para-hydroxylation sites is 1. The molecule has 0 radical (unpaired) electrons. The number of anilines is 1. The van der Waals surface area contributed by atoms with E-state index < -0.39 is 11.1 Å². The van der Waals surface area contributed by atoms with Crippen LogP contribution in [0.3, 0.4) is 0 Å². The Bertz CT molecular complexity index is 1120. The van der Waals surface area contributed by atoms with Gasteiger partial charge in [0.15, 0.2) is 11.5 Å². The lowest BCUT2D eigenvalue weighted by Crippen LogP contribution is -2.51. The van der Waals surface area contributed by atoms with Gasteiger partial charge in [0.1, 0.15) is 6.54 Å². The second kappa shape index (κ2) is 9.76. The van der Waals surface area contributed by atoms with Crippen LogP contribution in [0.4, 0.5) is 10.5 Å². The molecule has 0 saturated carbocycles. The van der Waals surface area contributed by atoms with Crippen molar-refractivity contribution in [3.63, 3.8) is 0 Å². The maximum atomic E-state index is 12.8. The smallest absolute Gasteiger partial charge is 0.294 e. The fraction of sp³-hybridized carbons (Fsp3) is 0.261. The van der Waals surface area contributed by atoms with E-state index in [9.17, 15) is 19.5 Å². The monoisotopic (exact) mass is 487 g/mol. The van der Waals surface area contributed by atoms with Crippen molar-refractivity contribution in [1.29, 1.82) is 0 Å². The van der Waals surface area contributed by atoms with E-state index in [0.717, 1.165) is 22.3 Å². The first-order valence-electron chi connectivity index (χ1n) is 10.3. The van der Waals surface area contributed by atoms with Crippen LogP contribution in [0.25, 0.3) is 6.08 Å². The molecule has 0 atom stereocenters. The number of ether oxygens (including phenoxy) is 1. The minimum absolute atomic E-state index is 0.0599. The number of hydrogen-bond acceptors (Lipinski definition) is 7. The molecule has 2 aromatic carbocycles. The summed E-state index contributed by atoms with van der Waals surface area (Å²) in [4.78, 5) is 43.0. The van der Waals surface area contributed by atoms with Crippen LogP contribution in [-0.4, -0.2) is 71.8 Å². The lowest BCUT2D eigenvalue weighted by Gasteiger charge is -2.36. The predicted molar refractivity (Wildman–Crippen MR) is 128 cm³/mol. The number of phenolic OH excluding ortho intramolecular Hbond substituents is 1. The number of phenols is 1. The molecule has 1 N–H and O–H groups in total. The maximum absolute atomic E-state index is 12.8. The summed E-state index contributed by atoms with van der Waals surface area (Å²) in [6, 6.07) is 12.9. The standard InChI is InChI=1S/C23H22ClN3O5S/c1-32-18-12-15(11-17(24)21(18)29)13-19-22(30)27(23(31)33-19)14-20(28)26-9-7-25(8-10-26)16-5-3-2-4-6-16/h2-6,11-13,29H,7-10,14H2,1H3/b19-13+. The first kappa shape index (κ1) is 23.0. The van der Waals surface area contributed by atoms with Crippen molar-refractivity contribution in [3.8, 4) is 11.5 Å². The van der Waals surface area contributed by atoms with Gasteiger partial charge >= 0.3 is 0 Å². The average molecular weight is 488 g/mol. The van der Waals surface area contributed by atoms with E-state index in [0.29, 0.717) is 31.7 Å². The summed E-state index contributed by atoms with van der Waals surface area (Å²) in [6.07, 6.45) is 1.49. The van der Waals surface area contributed by atoms with E-state index in [-0.39, 0.29) is 33.9 Å². The fourth-order valence-electron chi connectivity index (χ4n) is 3.71. The highest BCUT2D eigenvalue weighted by Crippen LogP contribution is 2.38. The largest absolute Gasteiger partial charge is 0.503 e. The quantitative estimate of drug-likeness (QED) is 0.646. The van der Waals surface area contributed by atoms with E-state index >= 15 is 0 Å². The van der Waals surface area contributed by atoms with Crippen LogP contribution in [0.5, 0.6) is 11.5 Å². The Morgan fingerprint density at radius 2 is 1.85 bits per heavy atom. The molecule has 0 spiro atoms. The normalized spacial score (nSPS) is 17.8. The van der Waals surface area contributed by atoms with Crippen LogP contribution in [0.2, 0.25) is 5.02 Å². The zero-order valence-electron chi connectivity index (χ0n) is 17.9.